The zero-order valence-corrected chi connectivity index (χ0v) is 11.5. The summed E-state index contributed by atoms with van der Waals surface area (Å²) in [6.07, 6.45) is 4.09. The van der Waals surface area contributed by atoms with Crippen molar-refractivity contribution < 1.29 is 0 Å². The molecule has 1 aliphatic heterocycles. The first-order chi connectivity index (χ1) is 9.26. The van der Waals surface area contributed by atoms with Crippen LogP contribution in [0.1, 0.15) is 30.4 Å². The molecular weight excluding hydrogens is 234 g/mol. The summed E-state index contributed by atoms with van der Waals surface area (Å²) in [5.74, 6) is 0.729. The van der Waals surface area contributed by atoms with Gasteiger partial charge in [0.15, 0.2) is 0 Å². The highest BCUT2D eigenvalue weighted by Crippen LogP contribution is 2.31. The van der Waals surface area contributed by atoms with Crippen molar-refractivity contribution in [3.63, 3.8) is 0 Å². The first-order valence-corrected chi connectivity index (χ1v) is 7.25. The molecule has 100 valence electrons. The average molecular weight is 255 g/mol. The van der Waals surface area contributed by atoms with Gasteiger partial charge in [-0.1, -0.05) is 6.07 Å². The lowest BCUT2D eigenvalue weighted by Gasteiger charge is -2.16. The smallest absolute Gasteiger partial charge is 0.101 e. The largest absolute Gasteiger partial charge is 0.384 e. The zero-order valence-electron chi connectivity index (χ0n) is 11.5. The third-order valence-corrected chi connectivity index (χ3v) is 4.26. The van der Waals surface area contributed by atoms with Crippen LogP contribution in [0, 0.1) is 24.2 Å². The molecule has 1 unspecified atom stereocenters. The maximum Gasteiger partial charge on any atom is 0.101 e. The van der Waals surface area contributed by atoms with Gasteiger partial charge in [0.2, 0.25) is 0 Å². The Labute approximate surface area is 115 Å². The van der Waals surface area contributed by atoms with Gasteiger partial charge in [-0.25, -0.2) is 0 Å². The molecule has 0 radical (unpaired) electrons. The molecule has 0 bridgehead atoms. The van der Waals surface area contributed by atoms with Crippen LogP contribution in [-0.2, 0) is 0 Å². The molecule has 1 aromatic rings. The van der Waals surface area contributed by atoms with Crippen LogP contribution >= 0.6 is 0 Å². The molecule has 1 atom stereocenters. The molecule has 1 aliphatic carbocycles. The predicted octanol–water partition coefficient (Wildman–Crippen LogP) is 2.76. The summed E-state index contributed by atoms with van der Waals surface area (Å²) in [5.41, 5.74) is 2.95. The lowest BCUT2D eigenvalue weighted by molar-refractivity contribution is 0.316. The van der Waals surface area contributed by atoms with Crippen molar-refractivity contribution >= 4 is 5.69 Å². The van der Waals surface area contributed by atoms with Gasteiger partial charge in [0.1, 0.15) is 6.07 Å². The van der Waals surface area contributed by atoms with E-state index in [2.05, 4.69) is 29.3 Å². The fraction of sp³-hybridized carbons (Fsp3) is 0.562. The third kappa shape index (κ3) is 2.90. The number of likely N-dealkylation sites (tertiary alicyclic amines) is 1. The van der Waals surface area contributed by atoms with Crippen LogP contribution in [0.5, 0.6) is 0 Å². The van der Waals surface area contributed by atoms with E-state index in [1.807, 2.05) is 12.1 Å². The minimum atomic E-state index is 0.729. The number of aryl methyl sites for hydroxylation is 1. The Bertz CT molecular complexity index is 499. The maximum absolute atomic E-state index is 9.13. The minimum absolute atomic E-state index is 0.729. The van der Waals surface area contributed by atoms with E-state index in [1.54, 1.807) is 0 Å². The number of rotatable bonds is 4. The number of nitrogens with zero attached hydrogens (tertiary/aromatic N) is 2. The van der Waals surface area contributed by atoms with Crippen molar-refractivity contribution in [2.75, 3.05) is 25.0 Å². The van der Waals surface area contributed by atoms with Gasteiger partial charge in [-0.3, -0.25) is 0 Å². The topological polar surface area (TPSA) is 39.1 Å². The fourth-order valence-corrected chi connectivity index (χ4v) is 2.96. The average Bonchev–Trinajstić information content (AvgIpc) is 3.16. The molecule has 0 amide bonds. The first-order valence-electron chi connectivity index (χ1n) is 7.25. The fourth-order valence-electron chi connectivity index (χ4n) is 2.96. The Morgan fingerprint density at radius 1 is 1.37 bits per heavy atom. The van der Waals surface area contributed by atoms with Crippen molar-refractivity contribution in [2.24, 2.45) is 5.92 Å². The number of hydrogen-bond acceptors (Lipinski definition) is 3. The molecule has 1 saturated heterocycles. The highest BCUT2D eigenvalue weighted by atomic mass is 15.2. The standard InChI is InChI=1S/C16H21N3/c1-12-2-3-14(9-17)16(8-12)18-10-13-6-7-19(11-13)15-4-5-15/h2-3,8,13,15,18H,4-7,10-11H2,1H3. The van der Waals surface area contributed by atoms with Crippen molar-refractivity contribution in [1.82, 2.24) is 4.90 Å². The minimum Gasteiger partial charge on any atom is -0.384 e. The second kappa shape index (κ2) is 5.22. The van der Waals surface area contributed by atoms with Crippen molar-refractivity contribution in [3.8, 4) is 6.07 Å². The molecule has 1 saturated carbocycles. The van der Waals surface area contributed by atoms with Gasteiger partial charge < -0.3 is 10.2 Å². The second-order valence-corrected chi connectivity index (χ2v) is 5.92. The van der Waals surface area contributed by atoms with Crippen molar-refractivity contribution in [2.45, 2.75) is 32.2 Å². The third-order valence-electron chi connectivity index (χ3n) is 4.26. The van der Waals surface area contributed by atoms with Crippen LogP contribution in [0.3, 0.4) is 0 Å². The first kappa shape index (κ1) is 12.5. The highest BCUT2D eigenvalue weighted by Gasteiger charge is 2.34. The van der Waals surface area contributed by atoms with E-state index in [4.69, 9.17) is 5.26 Å². The van der Waals surface area contributed by atoms with Crippen LogP contribution in [0.4, 0.5) is 5.69 Å². The lowest BCUT2D eigenvalue weighted by Crippen LogP contribution is -2.24. The van der Waals surface area contributed by atoms with Gasteiger partial charge in [-0.2, -0.15) is 5.26 Å². The Morgan fingerprint density at radius 2 is 2.21 bits per heavy atom. The van der Waals surface area contributed by atoms with Crippen LogP contribution in [-0.4, -0.2) is 30.6 Å². The summed E-state index contributed by atoms with van der Waals surface area (Å²) in [5, 5.41) is 12.6. The quantitative estimate of drug-likeness (QED) is 0.899. The molecule has 3 nitrogen and oxygen atoms in total. The molecule has 2 fully saturated rings. The molecule has 0 aromatic heterocycles. The molecule has 3 heteroatoms. The molecule has 2 aliphatic rings. The summed E-state index contributed by atoms with van der Waals surface area (Å²) in [6.45, 7) is 5.54. The second-order valence-electron chi connectivity index (χ2n) is 5.92. The van der Waals surface area contributed by atoms with E-state index < -0.39 is 0 Å². The van der Waals surface area contributed by atoms with E-state index in [-0.39, 0.29) is 0 Å². The van der Waals surface area contributed by atoms with Crippen LogP contribution in [0.15, 0.2) is 18.2 Å². The Hall–Kier alpha value is -1.53. The Morgan fingerprint density at radius 3 is 2.95 bits per heavy atom. The number of anilines is 1. The van der Waals surface area contributed by atoms with Crippen LogP contribution < -0.4 is 5.32 Å². The number of nitriles is 1. The number of benzene rings is 1. The normalized spacial score (nSPS) is 23.3. The molecule has 0 spiro atoms. The van der Waals surface area contributed by atoms with Gasteiger partial charge in [-0.05, 0) is 56.3 Å². The van der Waals surface area contributed by atoms with Crippen molar-refractivity contribution in [3.05, 3.63) is 29.3 Å². The monoisotopic (exact) mass is 255 g/mol. The zero-order chi connectivity index (χ0) is 13.2. The summed E-state index contributed by atoms with van der Waals surface area (Å²) < 4.78 is 0. The van der Waals surface area contributed by atoms with Gasteiger partial charge in [0.25, 0.3) is 0 Å². The highest BCUT2D eigenvalue weighted by molar-refractivity contribution is 5.58. The molecule has 1 N–H and O–H groups in total. The van der Waals surface area contributed by atoms with E-state index in [9.17, 15) is 0 Å². The Balaban J connectivity index is 1.57. The number of hydrogen-bond donors (Lipinski definition) is 1. The summed E-state index contributed by atoms with van der Waals surface area (Å²) in [7, 11) is 0. The maximum atomic E-state index is 9.13. The summed E-state index contributed by atoms with van der Waals surface area (Å²) >= 11 is 0. The summed E-state index contributed by atoms with van der Waals surface area (Å²) in [4.78, 5) is 2.63. The molecule has 1 aromatic carbocycles. The molecule has 1 heterocycles. The van der Waals surface area contributed by atoms with E-state index in [0.717, 1.165) is 29.8 Å². The number of nitrogens with one attached hydrogen (secondary N) is 1. The van der Waals surface area contributed by atoms with E-state index in [1.165, 1.54) is 37.9 Å². The van der Waals surface area contributed by atoms with Crippen molar-refractivity contribution in [1.29, 1.82) is 5.26 Å². The van der Waals surface area contributed by atoms with E-state index >= 15 is 0 Å². The SMILES string of the molecule is Cc1ccc(C#N)c(NCC2CCN(C3CC3)C2)c1. The van der Waals surface area contributed by atoms with Gasteiger partial charge >= 0.3 is 0 Å². The molecule has 3 rings (SSSR count). The van der Waals surface area contributed by atoms with E-state index in [0.29, 0.717) is 0 Å². The van der Waals surface area contributed by atoms with Gasteiger partial charge in [0.05, 0.1) is 11.3 Å². The molecule has 19 heavy (non-hydrogen) atoms. The van der Waals surface area contributed by atoms with Gasteiger partial charge in [-0.15, -0.1) is 0 Å². The predicted molar refractivity (Wildman–Crippen MR) is 77.1 cm³/mol. The Kier molecular flexibility index (Phi) is 3.44. The van der Waals surface area contributed by atoms with Crippen LogP contribution in [0.25, 0.3) is 0 Å². The van der Waals surface area contributed by atoms with Crippen LogP contribution in [0.2, 0.25) is 0 Å². The van der Waals surface area contributed by atoms with Gasteiger partial charge in [0, 0.05) is 19.1 Å². The lowest BCUT2D eigenvalue weighted by atomic mass is 10.1. The molecular formula is C16H21N3. The summed E-state index contributed by atoms with van der Waals surface area (Å²) in [6, 6.07) is 9.13.